The molecule has 2 heterocycles. The van der Waals surface area contributed by atoms with Crippen LogP contribution < -0.4 is 5.32 Å². The number of thiophene rings is 1. The minimum Gasteiger partial charge on any atom is -0.376 e. The Morgan fingerprint density at radius 3 is 2.51 bits per heavy atom. The molecule has 1 aliphatic heterocycles. The second-order valence-corrected chi connectivity index (χ2v) is 9.44. The number of nitrogens with one attached hydrogen (secondary N) is 1. The van der Waals surface area contributed by atoms with Gasteiger partial charge in [-0.3, -0.25) is 4.79 Å². The molecule has 1 aromatic heterocycles. The predicted molar refractivity (Wildman–Crippen MR) is 131 cm³/mol. The van der Waals surface area contributed by atoms with Crippen molar-refractivity contribution in [3.05, 3.63) is 88.1 Å². The number of ether oxygens (including phenoxy) is 1. The number of hydrogen-bond acceptors (Lipinski definition) is 4. The molecule has 0 aliphatic carbocycles. The van der Waals surface area contributed by atoms with Crippen molar-refractivity contribution in [1.29, 1.82) is 0 Å². The molecule has 0 spiro atoms. The molecule has 9 heteroatoms. The van der Waals surface area contributed by atoms with E-state index in [0.717, 1.165) is 23.3 Å². The van der Waals surface area contributed by atoms with Gasteiger partial charge in [0.25, 0.3) is 0 Å². The van der Waals surface area contributed by atoms with Crippen molar-refractivity contribution in [1.82, 2.24) is 9.80 Å². The van der Waals surface area contributed by atoms with Crippen LogP contribution in [0.25, 0.3) is 0 Å². The zero-order valence-corrected chi connectivity index (χ0v) is 20.0. The number of halogens is 2. The van der Waals surface area contributed by atoms with E-state index < -0.39 is 11.8 Å². The van der Waals surface area contributed by atoms with E-state index in [1.54, 1.807) is 23.1 Å². The largest absolute Gasteiger partial charge is 0.376 e. The van der Waals surface area contributed by atoms with Crippen LogP contribution in [0.1, 0.15) is 23.3 Å². The number of amides is 3. The summed E-state index contributed by atoms with van der Waals surface area (Å²) in [5, 5.41) is 4.62. The van der Waals surface area contributed by atoms with Gasteiger partial charge in [0, 0.05) is 30.3 Å². The molecule has 2 aromatic carbocycles. The first-order valence-electron chi connectivity index (χ1n) is 11.4. The van der Waals surface area contributed by atoms with E-state index in [-0.39, 0.29) is 37.5 Å². The third-order valence-electron chi connectivity index (χ3n) is 5.70. The fourth-order valence-electron chi connectivity index (χ4n) is 3.92. The van der Waals surface area contributed by atoms with Crippen LogP contribution in [0, 0.1) is 11.6 Å². The molecule has 1 aliphatic rings. The van der Waals surface area contributed by atoms with Crippen LogP contribution in [0.4, 0.5) is 19.3 Å². The number of nitrogens with zero attached hydrogens (tertiary/aromatic N) is 2. The molecule has 0 saturated carbocycles. The molecule has 0 bridgehead atoms. The maximum Gasteiger partial charge on any atom is 0.322 e. The van der Waals surface area contributed by atoms with Gasteiger partial charge in [-0.1, -0.05) is 24.3 Å². The first kappa shape index (κ1) is 24.8. The molecule has 1 N–H and O–H groups in total. The predicted octanol–water partition coefficient (Wildman–Crippen LogP) is 5.27. The van der Waals surface area contributed by atoms with Crippen molar-refractivity contribution in [3.8, 4) is 0 Å². The van der Waals surface area contributed by atoms with Gasteiger partial charge in [0.15, 0.2) is 0 Å². The van der Waals surface area contributed by atoms with E-state index in [0.29, 0.717) is 18.8 Å². The van der Waals surface area contributed by atoms with Gasteiger partial charge < -0.3 is 19.9 Å². The molecule has 0 radical (unpaired) electrons. The molecule has 1 unspecified atom stereocenters. The Morgan fingerprint density at radius 2 is 1.83 bits per heavy atom. The van der Waals surface area contributed by atoms with Gasteiger partial charge in [-0.05, 0) is 60.2 Å². The van der Waals surface area contributed by atoms with Crippen LogP contribution in [0.15, 0.2) is 66.0 Å². The molecule has 184 valence electrons. The standard InChI is InChI=1S/C26H27F2N3O3S/c27-20-10-8-19(9-11-20)15-30(17-24-7-3-13-35-24)25(32)18-31(16-23-6-2-12-34-23)26(33)29-22-5-1-4-21(28)14-22/h1,3-5,7-11,13-14,23H,2,6,12,15-18H2,(H,29,33). The van der Waals surface area contributed by atoms with E-state index in [2.05, 4.69) is 5.32 Å². The summed E-state index contributed by atoms with van der Waals surface area (Å²) in [6.45, 7) is 1.33. The van der Waals surface area contributed by atoms with Crippen molar-refractivity contribution in [2.24, 2.45) is 0 Å². The summed E-state index contributed by atoms with van der Waals surface area (Å²) >= 11 is 1.53. The van der Waals surface area contributed by atoms with Crippen molar-refractivity contribution >= 4 is 29.0 Å². The monoisotopic (exact) mass is 499 g/mol. The lowest BCUT2D eigenvalue weighted by Crippen LogP contribution is -2.46. The Balaban J connectivity index is 1.50. The molecule has 6 nitrogen and oxygen atoms in total. The van der Waals surface area contributed by atoms with Gasteiger partial charge in [0.1, 0.15) is 18.2 Å². The van der Waals surface area contributed by atoms with Gasteiger partial charge in [0.05, 0.1) is 12.6 Å². The van der Waals surface area contributed by atoms with Gasteiger partial charge in [-0.2, -0.15) is 0 Å². The third kappa shape index (κ3) is 7.34. The van der Waals surface area contributed by atoms with Crippen LogP contribution in [0.2, 0.25) is 0 Å². The number of rotatable bonds is 9. The van der Waals surface area contributed by atoms with E-state index in [9.17, 15) is 18.4 Å². The van der Waals surface area contributed by atoms with E-state index in [1.807, 2.05) is 17.5 Å². The number of anilines is 1. The molecular weight excluding hydrogens is 472 g/mol. The van der Waals surface area contributed by atoms with Crippen LogP contribution in [0.3, 0.4) is 0 Å². The number of carbonyl (C=O) groups is 2. The lowest BCUT2D eigenvalue weighted by atomic mass is 10.2. The molecular formula is C26H27F2N3O3S. The molecule has 1 saturated heterocycles. The summed E-state index contributed by atoms with van der Waals surface area (Å²) in [5.41, 5.74) is 1.09. The molecule has 35 heavy (non-hydrogen) atoms. The Kier molecular flexibility index (Phi) is 8.44. The average molecular weight is 500 g/mol. The normalized spacial score (nSPS) is 15.1. The van der Waals surface area contributed by atoms with Gasteiger partial charge >= 0.3 is 6.03 Å². The van der Waals surface area contributed by atoms with Crippen LogP contribution in [-0.2, 0) is 22.6 Å². The molecule has 1 fully saturated rings. The Labute approximate surface area is 207 Å². The second kappa shape index (κ2) is 11.9. The van der Waals surface area contributed by atoms with Gasteiger partial charge in [-0.25, -0.2) is 13.6 Å². The molecule has 3 amide bonds. The highest BCUT2D eigenvalue weighted by molar-refractivity contribution is 7.09. The summed E-state index contributed by atoms with van der Waals surface area (Å²) in [4.78, 5) is 30.6. The summed E-state index contributed by atoms with van der Waals surface area (Å²) in [6, 6.07) is 15.0. The number of urea groups is 1. The van der Waals surface area contributed by atoms with Gasteiger partial charge in [0.2, 0.25) is 5.91 Å². The maximum atomic E-state index is 13.6. The van der Waals surface area contributed by atoms with Crippen LogP contribution >= 0.6 is 11.3 Å². The lowest BCUT2D eigenvalue weighted by molar-refractivity contribution is -0.133. The first-order chi connectivity index (χ1) is 17.0. The summed E-state index contributed by atoms with van der Waals surface area (Å²) in [5.74, 6) is -1.07. The third-order valence-corrected chi connectivity index (χ3v) is 6.56. The SMILES string of the molecule is O=C(CN(CC1CCCO1)C(=O)Nc1cccc(F)c1)N(Cc1ccc(F)cc1)Cc1cccs1. The van der Waals surface area contributed by atoms with Crippen molar-refractivity contribution in [3.63, 3.8) is 0 Å². The van der Waals surface area contributed by atoms with Crippen molar-refractivity contribution in [2.75, 3.05) is 25.0 Å². The average Bonchev–Trinajstić information content (AvgIpc) is 3.54. The fourth-order valence-corrected chi connectivity index (χ4v) is 4.64. The number of benzene rings is 2. The lowest BCUT2D eigenvalue weighted by Gasteiger charge is -2.29. The number of carbonyl (C=O) groups excluding carboxylic acids is 2. The smallest absolute Gasteiger partial charge is 0.322 e. The quantitative estimate of drug-likeness (QED) is 0.437. The highest BCUT2D eigenvalue weighted by Crippen LogP contribution is 2.18. The maximum absolute atomic E-state index is 13.6. The van der Waals surface area contributed by atoms with E-state index >= 15 is 0 Å². The summed E-state index contributed by atoms with van der Waals surface area (Å²) in [7, 11) is 0. The van der Waals surface area contributed by atoms with E-state index in [4.69, 9.17) is 4.74 Å². The Hall–Kier alpha value is -3.30. The summed E-state index contributed by atoms with van der Waals surface area (Å²) < 4.78 is 32.7. The van der Waals surface area contributed by atoms with Crippen molar-refractivity contribution in [2.45, 2.75) is 32.0 Å². The number of hydrogen-bond donors (Lipinski definition) is 1. The van der Waals surface area contributed by atoms with Gasteiger partial charge in [-0.15, -0.1) is 11.3 Å². The topological polar surface area (TPSA) is 61.9 Å². The summed E-state index contributed by atoms with van der Waals surface area (Å²) in [6.07, 6.45) is 1.53. The first-order valence-corrected chi connectivity index (χ1v) is 12.3. The fraction of sp³-hybridized carbons (Fsp3) is 0.308. The zero-order valence-electron chi connectivity index (χ0n) is 19.2. The minimum absolute atomic E-state index is 0.163. The van der Waals surface area contributed by atoms with Crippen LogP contribution in [0.5, 0.6) is 0 Å². The van der Waals surface area contributed by atoms with E-state index in [1.165, 1.54) is 46.6 Å². The minimum atomic E-state index is -0.502. The Bertz CT molecular complexity index is 1120. The highest BCUT2D eigenvalue weighted by atomic mass is 32.1. The van der Waals surface area contributed by atoms with Crippen molar-refractivity contribution < 1.29 is 23.1 Å². The molecule has 4 rings (SSSR count). The second-order valence-electron chi connectivity index (χ2n) is 8.41. The Morgan fingerprint density at radius 1 is 1.00 bits per heavy atom. The van der Waals surface area contributed by atoms with Crippen LogP contribution in [-0.4, -0.2) is 47.5 Å². The zero-order chi connectivity index (χ0) is 24.6. The highest BCUT2D eigenvalue weighted by Gasteiger charge is 2.27. The molecule has 1 atom stereocenters. The molecule has 3 aromatic rings.